The number of anilines is 2. The number of hydrogen-bond acceptors (Lipinski definition) is 6. The lowest BCUT2D eigenvalue weighted by Gasteiger charge is -2.34. The lowest BCUT2D eigenvalue weighted by molar-refractivity contribution is 0.102. The van der Waals surface area contributed by atoms with Gasteiger partial charge in [0.1, 0.15) is 6.33 Å². The predicted molar refractivity (Wildman–Crippen MR) is 143 cm³/mol. The van der Waals surface area contributed by atoms with E-state index in [4.69, 9.17) is 0 Å². The van der Waals surface area contributed by atoms with E-state index in [1.54, 1.807) is 18.7 Å². The Kier molecular flexibility index (Phi) is 7.00. The smallest absolute Gasteiger partial charge is 0.255 e. The van der Waals surface area contributed by atoms with Crippen molar-refractivity contribution in [3.05, 3.63) is 102 Å². The first-order valence-corrected chi connectivity index (χ1v) is 12.2. The number of rotatable bonds is 6. The van der Waals surface area contributed by atoms with E-state index in [2.05, 4.69) is 56.2 Å². The maximum atomic E-state index is 13.1. The summed E-state index contributed by atoms with van der Waals surface area (Å²) in [7, 11) is 2.15. The van der Waals surface area contributed by atoms with Crippen molar-refractivity contribution in [1.82, 2.24) is 19.9 Å². The second-order valence-electron chi connectivity index (χ2n) is 9.20. The summed E-state index contributed by atoms with van der Waals surface area (Å²) in [5.41, 5.74) is 7.48. The topological polar surface area (TPSA) is 74.2 Å². The number of hydrogen-bond donors (Lipinski definition) is 1. The van der Waals surface area contributed by atoms with Gasteiger partial charge in [-0.2, -0.15) is 0 Å². The Balaban J connectivity index is 1.30. The van der Waals surface area contributed by atoms with Crippen LogP contribution in [-0.4, -0.2) is 59.0 Å². The number of piperazine rings is 1. The number of nitrogens with one attached hydrogen (secondary N) is 1. The zero-order valence-electron chi connectivity index (χ0n) is 20.7. The summed E-state index contributed by atoms with van der Waals surface area (Å²) in [5, 5.41) is 3.04. The van der Waals surface area contributed by atoms with Crippen LogP contribution in [0.15, 0.2) is 79.4 Å². The highest BCUT2D eigenvalue weighted by Gasteiger charge is 2.15. The van der Waals surface area contributed by atoms with Crippen LogP contribution in [0.1, 0.15) is 27.2 Å². The summed E-state index contributed by atoms with van der Waals surface area (Å²) in [4.78, 5) is 30.8. The molecule has 0 aliphatic carbocycles. The number of amides is 1. The fraction of sp³-hybridized carbons (Fsp3) is 0.241. The predicted octanol–water partition coefficient (Wildman–Crippen LogP) is 4.44. The van der Waals surface area contributed by atoms with Gasteiger partial charge in [0.25, 0.3) is 5.91 Å². The van der Waals surface area contributed by atoms with Crippen molar-refractivity contribution >= 4 is 17.3 Å². The number of nitrogens with zero attached hydrogens (tertiary/aromatic N) is 5. The maximum Gasteiger partial charge on any atom is 0.255 e. The van der Waals surface area contributed by atoms with E-state index in [9.17, 15) is 4.79 Å². The highest BCUT2D eigenvalue weighted by molar-refractivity contribution is 6.04. The first-order valence-electron chi connectivity index (χ1n) is 12.2. The average Bonchev–Trinajstić information content (AvgIpc) is 2.91. The van der Waals surface area contributed by atoms with Gasteiger partial charge in [-0.05, 0) is 79.7 Å². The Morgan fingerprint density at radius 3 is 2.50 bits per heavy atom. The molecule has 2 aromatic heterocycles. The monoisotopic (exact) mass is 478 g/mol. The summed E-state index contributed by atoms with van der Waals surface area (Å²) < 4.78 is 0. The van der Waals surface area contributed by atoms with E-state index in [0.717, 1.165) is 59.9 Å². The molecule has 5 rings (SSSR count). The summed E-state index contributed by atoms with van der Waals surface area (Å²) in [6.45, 7) is 6.22. The largest absolute Gasteiger partial charge is 0.369 e. The summed E-state index contributed by atoms with van der Waals surface area (Å²) in [5.74, 6) is -0.124. The Morgan fingerprint density at radius 2 is 1.75 bits per heavy atom. The summed E-state index contributed by atoms with van der Waals surface area (Å²) in [6.07, 6.45) is 5.66. The van der Waals surface area contributed by atoms with Crippen molar-refractivity contribution in [3.8, 4) is 11.3 Å². The van der Waals surface area contributed by atoms with Crippen LogP contribution in [0.3, 0.4) is 0 Å². The molecule has 7 heteroatoms. The highest BCUT2D eigenvalue weighted by Crippen LogP contribution is 2.24. The van der Waals surface area contributed by atoms with Crippen molar-refractivity contribution in [2.24, 2.45) is 0 Å². The standard InChI is InChI=1S/C29H30N6O/c1-21-5-6-22(18-23(21)19-28-26(4-3-12-31-28)27-11-13-30-20-32-27)29(36)33-24-7-9-25(10-8-24)35-16-14-34(2)15-17-35/h3-13,18,20H,14-17,19H2,1-2H3,(H,33,36). The van der Waals surface area contributed by atoms with Gasteiger partial charge in [-0.15, -0.1) is 0 Å². The van der Waals surface area contributed by atoms with Gasteiger partial charge in [0.15, 0.2) is 0 Å². The third-order valence-corrected chi connectivity index (χ3v) is 6.71. The first-order chi connectivity index (χ1) is 17.6. The van der Waals surface area contributed by atoms with Crippen molar-refractivity contribution in [3.63, 3.8) is 0 Å². The summed E-state index contributed by atoms with van der Waals surface area (Å²) in [6, 6.07) is 19.7. The van der Waals surface area contributed by atoms with Crippen LogP contribution in [0.2, 0.25) is 0 Å². The zero-order chi connectivity index (χ0) is 24.9. The van der Waals surface area contributed by atoms with Crippen LogP contribution in [0.25, 0.3) is 11.3 Å². The van der Waals surface area contributed by atoms with Crippen LogP contribution in [0.4, 0.5) is 11.4 Å². The first kappa shape index (κ1) is 23.6. The SMILES string of the molecule is Cc1ccc(C(=O)Nc2ccc(N3CCN(C)CC3)cc2)cc1Cc1ncccc1-c1ccncn1. The van der Waals surface area contributed by atoms with Crippen molar-refractivity contribution in [2.75, 3.05) is 43.4 Å². The van der Waals surface area contributed by atoms with E-state index >= 15 is 0 Å². The fourth-order valence-corrected chi connectivity index (χ4v) is 4.47. The molecule has 1 aliphatic heterocycles. The number of likely N-dealkylation sites (N-methyl/N-ethyl adjacent to an activating group) is 1. The van der Waals surface area contributed by atoms with Crippen LogP contribution in [0.5, 0.6) is 0 Å². The van der Waals surface area contributed by atoms with Gasteiger partial charge in [-0.1, -0.05) is 6.07 Å². The van der Waals surface area contributed by atoms with Gasteiger partial charge in [0, 0.05) is 67.5 Å². The minimum Gasteiger partial charge on any atom is -0.369 e. The molecule has 1 N–H and O–H groups in total. The molecule has 1 fully saturated rings. The molecule has 1 amide bonds. The number of carbonyl (C=O) groups excluding carboxylic acids is 1. The molecule has 4 aromatic rings. The molecule has 36 heavy (non-hydrogen) atoms. The van der Waals surface area contributed by atoms with E-state index in [-0.39, 0.29) is 5.91 Å². The molecule has 2 aromatic carbocycles. The third-order valence-electron chi connectivity index (χ3n) is 6.71. The number of pyridine rings is 1. The van der Waals surface area contributed by atoms with Crippen LogP contribution in [0, 0.1) is 6.92 Å². The van der Waals surface area contributed by atoms with Crippen molar-refractivity contribution < 1.29 is 4.79 Å². The van der Waals surface area contributed by atoms with Crippen molar-refractivity contribution in [2.45, 2.75) is 13.3 Å². The minimum absolute atomic E-state index is 0.124. The molecule has 0 spiro atoms. The van der Waals surface area contributed by atoms with Gasteiger partial charge in [-0.3, -0.25) is 9.78 Å². The van der Waals surface area contributed by atoms with E-state index in [1.165, 1.54) is 5.69 Å². The minimum atomic E-state index is -0.124. The Bertz CT molecular complexity index is 1330. The van der Waals surface area contributed by atoms with Crippen molar-refractivity contribution in [1.29, 1.82) is 0 Å². The van der Waals surface area contributed by atoms with E-state index < -0.39 is 0 Å². The molecule has 1 aliphatic rings. The molecular weight excluding hydrogens is 448 g/mol. The zero-order valence-corrected chi connectivity index (χ0v) is 20.7. The Labute approximate surface area is 211 Å². The van der Waals surface area contributed by atoms with Crippen LogP contribution >= 0.6 is 0 Å². The third kappa shape index (κ3) is 5.42. The molecule has 0 radical (unpaired) electrons. The lowest BCUT2D eigenvalue weighted by Crippen LogP contribution is -2.44. The van der Waals surface area contributed by atoms with Crippen LogP contribution < -0.4 is 10.2 Å². The second kappa shape index (κ2) is 10.7. The number of aryl methyl sites for hydroxylation is 1. The second-order valence-corrected chi connectivity index (χ2v) is 9.20. The molecule has 3 heterocycles. The molecule has 0 bridgehead atoms. The quantitative estimate of drug-likeness (QED) is 0.442. The average molecular weight is 479 g/mol. The molecule has 0 atom stereocenters. The van der Waals surface area contributed by atoms with Crippen LogP contribution in [-0.2, 0) is 6.42 Å². The highest BCUT2D eigenvalue weighted by atomic mass is 16.1. The molecule has 0 unspecified atom stereocenters. The number of aromatic nitrogens is 3. The lowest BCUT2D eigenvalue weighted by atomic mass is 9.97. The van der Waals surface area contributed by atoms with E-state index in [1.807, 2.05) is 48.5 Å². The Hall–Kier alpha value is -4.10. The molecular formula is C29H30N6O. The molecule has 1 saturated heterocycles. The van der Waals surface area contributed by atoms with Gasteiger partial charge < -0.3 is 15.1 Å². The normalized spacial score (nSPS) is 14.0. The molecule has 7 nitrogen and oxygen atoms in total. The van der Waals surface area contributed by atoms with Gasteiger partial charge in [-0.25, -0.2) is 9.97 Å². The maximum absolute atomic E-state index is 13.1. The Morgan fingerprint density at radius 1 is 0.944 bits per heavy atom. The van der Waals surface area contributed by atoms with Gasteiger partial charge in [0.2, 0.25) is 0 Å². The summed E-state index contributed by atoms with van der Waals surface area (Å²) >= 11 is 0. The number of benzene rings is 2. The van der Waals surface area contributed by atoms with Gasteiger partial charge >= 0.3 is 0 Å². The van der Waals surface area contributed by atoms with E-state index in [0.29, 0.717) is 12.0 Å². The number of carbonyl (C=O) groups is 1. The molecule has 0 saturated carbocycles. The van der Waals surface area contributed by atoms with Gasteiger partial charge in [0.05, 0.1) is 11.4 Å². The molecule has 182 valence electrons. The fourth-order valence-electron chi connectivity index (χ4n) is 4.47.